The lowest BCUT2D eigenvalue weighted by atomic mass is 10.2. The van der Waals surface area contributed by atoms with E-state index in [1.807, 2.05) is 0 Å². The summed E-state index contributed by atoms with van der Waals surface area (Å²) < 4.78 is 0. The molecule has 1 aromatic rings. The second-order valence-electron chi connectivity index (χ2n) is 4.05. The van der Waals surface area contributed by atoms with Crippen molar-refractivity contribution in [2.45, 2.75) is 33.6 Å². The van der Waals surface area contributed by atoms with Crippen molar-refractivity contribution >= 4 is 16.5 Å². The molecule has 0 saturated carbocycles. The third kappa shape index (κ3) is 4.06. The molecule has 0 aromatic carbocycles. The summed E-state index contributed by atoms with van der Waals surface area (Å²) in [5.74, 6) is 0.468. The van der Waals surface area contributed by atoms with Crippen molar-refractivity contribution in [2.75, 3.05) is 31.5 Å². The molecule has 0 aliphatic carbocycles. The van der Waals surface area contributed by atoms with Gasteiger partial charge in [0.25, 0.3) is 0 Å². The van der Waals surface area contributed by atoms with Crippen molar-refractivity contribution < 1.29 is 0 Å². The van der Waals surface area contributed by atoms with Gasteiger partial charge in [-0.2, -0.15) is 0 Å². The predicted molar refractivity (Wildman–Crippen MR) is 70.3 cm³/mol. The molecule has 0 fully saturated rings. The summed E-state index contributed by atoms with van der Waals surface area (Å²) >= 11 is 1.66. The molecule has 4 nitrogen and oxygen atoms in total. The number of likely N-dealkylation sites (N-methyl/N-ethyl adjacent to an activating group) is 1. The van der Waals surface area contributed by atoms with E-state index < -0.39 is 0 Å². The molecular weight excluding hydrogens is 220 g/mol. The van der Waals surface area contributed by atoms with Gasteiger partial charge in [0.15, 0.2) is 0 Å². The van der Waals surface area contributed by atoms with E-state index in [9.17, 15) is 0 Å². The number of aromatic nitrogens is 2. The summed E-state index contributed by atoms with van der Waals surface area (Å²) in [6, 6.07) is 0. The average molecular weight is 242 g/mol. The van der Waals surface area contributed by atoms with E-state index in [0.29, 0.717) is 5.92 Å². The van der Waals surface area contributed by atoms with Crippen molar-refractivity contribution in [1.29, 1.82) is 0 Å². The molecule has 1 N–H and O–H groups in total. The van der Waals surface area contributed by atoms with Crippen LogP contribution in [0.1, 0.15) is 38.6 Å². The zero-order chi connectivity index (χ0) is 12.0. The Kier molecular flexibility index (Phi) is 5.69. The monoisotopic (exact) mass is 242 g/mol. The van der Waals surface area contributed by atoms with Gasteiger partial charge in [-0.25, -0.2) is 0 Å². The summed E-state index contributed by atoms with van der Waals surface area (Å²) in [5, 5.41) is 13.6. The van der Waals surface area contributed by atoms with Gasteiger partial charge in [-0.15, -0.1) is 10.2 Å². The van der Waals surface area contributed by atoms with Crippen LogP contribution in [0.5, 0.6) is 0 Å². The van der Waals surface area contributed by atoms with Crippen LogP contribution in [-0.4, -0.2) is 41.3 Å². The first kappa shape index (κ1) is 13.4. The van der Waals surface area contributed by atoms with Crippen molar-refractivity contribution in [3.05, 3.63) is 5.01 Å². The van der Waals surface area contributed by atoms with Crippen LogP contribution in [0.4, 0.5) is 5.13 Å². The van der Waals surface area contributed by atoms with Gasteiger partial charge in [0.05, 0.1) is 0 Å². The Labute approximate surface area is 102 Å². The molecule has 0 saturated heterocycles. The van der Waals surface area contributed by atoms with Crippen LogP contribution < -0.4 is 5.32 Å². The van der Waals surface area contributed by atoms with E-state index in [1.165, 1.54) is 0 Å². The summed E-state index contributed by atoms with van der Waals surface area (Å²) in [6.07, 6.45) is 0. The second kappa shape index (κ2) is 6.81. The smallest absolute Gasteiger partial charge is 0.205 e. The van der Waals surface area contributed by atoms with E-state index in [4.69, 9.17) is 0 Å². The zero-order valence-corrected chi connectivity index (χ0v) is 11.5. The SMILES string of the molecule is CCN(CC)CCNc1nnc(C(C)C)s1. The molecular formula is C11H22N4S. The first-order valence-electron chi connectivity index (χ1n) is 5.97. The highest BCUT2D eigenvalue weighted by Gasteiger charge is 2.07. The number of hydrogen-bond donors (Lipinski definition) is 1. The summed E-state index contributed by atoms with van der Waals surface area (Å²) in [5.41, 5.74) is 0. The minimum Gasteiger partial charge on any atom is -0.359 e. The van der Waals surface area contributed by atoms with Gasteiger partial charge >= 0.3 is 0 Å². The highest BCUT2D eigenvalue weighted by atomic mass is 32.1. The molecule has 16 heavy (non-hydrogen) atoms. The van der Waals surface area contributed by atoms with Crippen molar-refractivity contribution in [2.24, 2.45) is 0 Å². The minimum atomic E-state index is 0.468. The fraction of sp³-hybridized carbons (Fsp3) is 0.818. The highest BCUT2D eigenvalue weighted by Crippen LogP contribution is 2.21. The lowest BCUT2D eigenvalue weighted by molar-refractivity contribution is 0.316. The van der Waals surface area contributed by atoms with Gasteiger partial charge in [0, 0.05) is 19.0 Å². The van der Waals surface area contributed by atoms with Crippen LogP contribution in [0.15, 0.2) is 0 Å². The quantitative estimate of drug-likeness (QED) is 0.797. The lowest BCUT2D eigenvalue weighted by Crippen LogP contribution is -2.28. The third-order valence-corrected chi connectivity index (χ3v) is 3.71. The van der Waals surface area contributed by atoms with E-state index >= 15 is 0 Å². The first-order chi connectivity index (χ1) is 7.67. The normalized spacial score (nSPS) is 11.4. The molecule has 5 heteroatoms. The summed E-state index contributed by atoms with van der Waals surface area (Å²) in [4.78, 5) is 2.39. The maximum atomic E-state index is 4.15. The number of rotatable bonds is 7. The van der Waals surface area contributed by atoms with E-state index in [-0.39, 0.29) is 0 Å². The van der Waals surface area contributed by atoms with Crippen LogP contribution in [-0.2, 0) is 0 Å². The maximum absolute atomic E-state index is 4.15. The van der Waals surface area contributed by atoms with Crippen LogP contribution in [0, 0.1) is 0 Å². The Morgan fingerprint density at radius 1 is 1.25 bits per heavy atom. The number of nitrogens with zero attached hydrogens (tertiary/aromatic N) is 3. The number of anilines is 1. The van der Waals surface area contributed by atoms with E-state index in [0.717, 1.165) is 36.3 Å². The zero-order valence-electron chi connectivity index (χ0n) is 10.7. The molecule has 1 aromatic heterocycles. The van der Waals surface area contributed by atoms with Gasteiger partial charge in [-0.3, -0.25) is 0 Å². The highest BCUT2D eigenvalue weighted by molar-refractivity contribution is 7.15. The molecule has 0 spiro atoms. The van der Waals surface area contributed by atoms with Crippen LogP contribution in [0.25, 0.3) is 0 Å². The predicted octanol–water partition coefficient (Wildman–Crippen LogP) is 2.42. The van der Waals surface area contributed by atoms with Gasteiger partial charge in [-0.05, 0) is 13.1 Å². The molecule has 0 unspecified atom stereocenters. The molecule has 0 amide bonds. The summed E-state index contributed by atoms with van der Waals surface area (Å²) in [6.45, 7) is 12.9. The largest absolute Gasteiger partial charge is 0.359 e. The van der Waals surface area contributed by atoms with E-state index in [1.54, 1.807) is 11.3 Å². The van der Waals surface area contributed by atoms with Crippen LogP contribution in [0.3, 0.4) is 0 Å². The summed E-state index contributed by atoms with van der Waals surface area (Å²) in [7, 11) is 0. The second-order valence-corrected chi connectivity index (χ2v) is 5.06. The van der Waals surface area contributed by atoms with Crippen molar-refractivity contribution in [3.63, 3.8) is 0 Å². The Morgan fingerprint density at radius 3 is 2.44 bits per heavy atom. The first-order valence-corrected chi connectivity index (χ1v) is 6.78. The molecule has 0 aliphatic rings. The molecule has 0 radical (unpaired) electrons. The fourth-order valence-corrected chi connectivity index (χ4v) is 2.17. The Balaban J connectivity index is 2.31. The maximum Gasteiger partial charge on any atom is 0.205 e. The molecule has 0 bridgehead atoms. The standard InChI is InChI=1S/C11H22N4S/c1-5-15(6-2)8-7-12-11-14-13-10(16-11)9(3)4/h9H,5-8H2,1-4H3,(H,12,14). The number of nitrogens with one attached hydrogen (secondary N) is 1. The lowest BCUT2D eigenvalue weighted by Gasteiger charge is -2.17. The Hall–Kier alpha value is -0.680. The topological polar surface area (TPSA) is 41.0 Å². The number of hydrogen-bond acceptors (Lipinski definition) is 5. The Bertz CT molecular complexity index is 294. The van der Waals surface area contributed by atoms with Crippen LogP contribution in [0.2, 0.25) is 0 Å². The van der Waals surface area contributed by atoms with Crippen LogP contribution >= 0.6 is 11.3 Å². The molecule has 0 aliphatic heterocycles. The molecule has 1 heterocycles. The fourth-order valence-electron chi connectivity index (χ4n) is 1.40. The molecule has 0 atom stereocenters. The minimum absolute atomic E-state index is 0.468. The van der Waals surface area contributed by atoms with Gasteiger partial charge in [0.1, 0.15) is 5.01 Å². The van der Waals surface area contributed by atoms with E-state index in [2.05, 4.69) is 48.1 Å². The molecule has 92 valence electrons. The van der Waals surface area contributed by atoms with Gasteiger partial charge in [-0.1, -0.05) is 39.0 Å². The average Bonchev–Trinajstić information content (AvgIpc) is 2.73. The Morgan fingerprint density at radius 2 is 1.94 bits per heavy atom. The third-order valence-electron chi connectivity index (χ3n) is 2.53. The van der Waals surface area contributed by atoms with Crippen molar-refractivity contribution in [1.82, 2.24) is 15.1 Å². The molecule has 1 rings (SSSR count). The van der Waals surface area contributed by atoms with Gasteiger partial charge in [0.2, 0.25) is 5.13 Å². The van der Waals surface area contributed by atoms with Crippen molar-refractivity contribution in [3.8, 4) is 0 Å². The van der Waals surface area contributed by atoms with Gasteiger partial charge < -0.3 is 10.2 Å².